The third kappa shape index (κ3) is 3.49. The second-order valence-electron chi connectivity index (χ2n) is 4.78. The molecule has 6 nitrogen and oxygen atoms in total. The standard InChI is InChI=1S/C17H14N4O2/c1-23-16-7-2-4-13(10-16)8-9-17(22)14-5-3-6-15(11-14)21-12-18-19-20-21/h2-12H,1H3/b9-8+. The number of methoxy groups -OCH3 is 1. The topological polar surface area (TPSA) is 69.9 Å². The average molecular weight is 306 g/mol. The molecule has 0 aliphatic carbocycles. The second kappa shape index (κ2) is 6.65. The molecule has 3 rings (SSSR count). The molecule has 0 amide bonds. The first-order valence-corrected chi connectivity index (χ1v) is 6.96. The Hall–Kier alpha value is -3.28. The Kier molecular flexibility index (Phi) is 4.24. The quantitative estimate of drug-likeness (QED) is 0.535. The van der Waals surface area contributed by atoms with Crippen molar-refractivity contribution in [1.82, 2.24) is 20.2 Å². The molecule has 0 aliphatic heterocycles. The number of aromatic nitrogens is 4. The maximum Gasteiger partial charge on any atom is 0.185 e. The number of nitrogens with zero attached hydrogens (tertiary/aromatic N) is 4. The number of ketones is 1. The number of carbonyl (C=O) groups is 1. The number of ether oxygens (including phenoxy) is 1. The Balaban J connectivity index is 1.80. The van der Waals surface area contributed by atoms with Crippen molar-refractivity contribution in [2.45, 2.75) is 0 Å². The van der Waals surface area contributed by atoms with Crippen LogP contribution in [-0.2, 0) is 0 Å². The van der Waals surface area contributed by atoms with E-state index in [0.717, 1.165) is 17.0 Å². The minimum absolute atomic E-state index is 0.0947. The number of rotatable bonds is 5. The molecule has 3 aromatic rings. The summed E-state index contributed by atoms with van der Waals surface area (Å²) in [7, 11) is 1.61. The Bertz CT molecular complexity index is 841. The van der Waals surface area contributed by atoms with E-state index in [-0.39, 0.29) is 5.78 Å². The molecule has 0 N–H and O–H groups in total. The molecule has 0 spiro atoms. The minimum Gasteiger partial charge on any atom is -0.497 e. The van der Waals surface area contributed by atoms with Gasteiger partial charge in [-0.1, -0.05) is 30.3 Å². The minimum atomic E-state index is -0.0947. The first kappa shape index (κ1) is 14.6. The van der Waals surface area contributed by atoms with Crippen molar-refractivity contribution >= 4 is 11.9 Å². The second-order valence-corrected chi connectivity index (χ2v) is 4.78. The third-order valence-corrected chi connectivity index (χ3v) is 3.27. The van der Waals surface area contributed by atoms with Crippen molar-refractivity contribution in [1.29, 1.82) is 0 Å². The van der Waals surface area contributed by atoms with Crippen LogP contribution in [0.3, 0.4) is 0 Å². The molecule has 1 heterocycles. The number of hydrogen-bond donors (Lipinski definition) is 0. The predicted octanol–water partition coefficient (Wildman–Crippen LogP) is 2.57. The fourth-order valence-corrected chi connectivity index (χ4v) is 2.09. The van der Waals surface area contributed by atoms with E-state index < -0.39 is 0 Å². The number of hydrogen-bond acceptors (Lipinski definition) is 5. The first-order chi connectivity index (χ1) is 11.3. The largest absolute Gasteiger partial charge is 0.497 e. The van der Waals surface area contributed by atoms with E-state index in [1.54, 1.807) is 31.4 Å². The van der Waals surface area contributed by atoms with E-state index in [1.165, 1.54) is 17.1 Å². The molecule has 114 valence electrons. The number of benzene rings is 2. The van der Waals surface area contributed by atoms with E-state index in [1.807, 2.05) is 30.3 Å². The van der Waals surface area contributed by atoms with Gasteiger partial charge in [0, 0.05) is 5.56 Å². The molecule has 0 bridgehead atoms. The van der Waals surface area contributed by atoms with Gasteiger partial charge in [0.2, 0.25) is 0 Å². The Morgan fingerprint density at radius 2 is 2.04 bits per heavy atom. The molecule has 0 saturated heterocycles. The molecule has 6 heteroatoms. The van der Waals surface area contributed by atoms with Crippen molar-refractivity contribution < 1.29 is 9.53 Å². The fourth-order valence-electron chi connectivity index (χ4n) is 2.09. The Morgan fingerprint density at radius 1 is 1.17 bits per heavy atom. The summed E-state index contributed by atoms with van der Waals surface area (Å²) in [6.07, 6.45) is 4.78. The van der Waals surface area contributed by atoms with Crippen LogP contribution < -0.4 is 4.74 Å². The van der Waals surface area contributed by atoms with Crippen molar-refractivity contribution in [3.63, 3.8) is 0 Å². The van der Waals surface area contributed by atoms with Gasteiger partial charge in [0.15, 0.2) is 5.78 Å². The summed E-state index contributed by atoms with van der Waals surface area (Å²) in [4.78, 5) is 12.3. The van der Waals surface area contributed by atoms with E-state index >= 15 is 0 Å². The van der Waals surface area contributed by atoms with Gasteiger partial charge < -0.3 is 4.74 Å². The molecular formula is C17H14N4O2. The zero-order chi connectivity index (χ0) is 16.1. The van der Waals surface area contributed by atoms with Crippen LogP contribution >= 0.6 is 0 Å². The zero-order valence-corrected chi connectivity index (χ0v) is 12.5. The van der Waals surface area contributed by atoms with Gasteiger partial charge in [-0.25, -0.2) is 4.68 Å². The van der Waals surface area contributed by atoms with Crippen LogP contribution in [0.5, 0.6) is 5.75 Å². The van der Waals surface area contributed by atoms with Crippen LogP contribution in [0.1, 0.15) is 15.9 Å². The number of tetrazole rings is 1. The smallest absolute Gasteiger partial charge is 0.185 e. The lowest BCUT2D eigenvalue weighted by Gasteiger charge is -2.02. The summed E-state index contributed by atoms with van der Waals surface area (Å²) >= 11 is 0. The molecule has 0 radical (unpaired) electrons. The van der Waals surface area contributed by atoms with Gasteiger partial charge in [-0.15, -0.1) is 5.10 Å². The summed E-state index contributed by atoms with van der Waals surface area (Å²) in [5.41, 5.74) is 2.20. The molecule has 0 saturated carbocycles. The van der Waals surface area contributed by atoms with Gasteiger partial charge in [0.1, 0.15) is 12.1 Å². The summed E-state index contributed by atoms with van der Waals surface area (Å²) in [6, 6.07) is 14.6. The van der Waals surface area contributed by atoms with Crippen LogP contribution in [0.25, 0.3) is 11.8 Å². The van der Waals surface area contributed by atoms with Crippen molar-refractivity contribution in [3.8, 4) is 11.4 Å². The maximum absolute atomic E-state index is 12.3. The van der Waals surface area contributed by atoms with Crippen molar-refractivity contribution in [2.24, 2.45) is 0 Å². The van der Waals surface area contributed by atoms with Crippen LogP contribution in [0, 0.1) is 0 Å². The molecule has 0 aliphatic rings. The van der Waals surface area contributed by atoms with E-state index in [0.29, 0.717) is 5.56 Å². The van der Waals surface area contributed by atoms with E-state index in [4.69, 9.17) is 4.74 Å². The zero-order valence-electron chi connectivity index (χ0n) is 12.5. The molecular weight excluding hydrogens is 292 g/mol. The summed E-state index contributed by atoms with van der Waals surface area (Å²) < 4.78 is 6.67. The van der Waals surface area contributed by atoms with Crippen LogP contribution in [0.4, 0.5) is 0 Å². The SMILES string of the molecule is COc1cccc(/C=C/C(=O)c2cccc(-n3cnnn3)c2)c1. The molecule has 0 atom stereocenters. The molecule has 2 aromatic carbocycles. The van der Waals surface area contributed by atoms with E-state index in [9.17, 15) is 4.79 Å². The predicted molar refractivity (Wildman–Crippen MR) is 85.5 cm³/mol. The number of carbonyl (C=O) groups excluding carboxylic acids is 1. The van der Waals surface area contributed by atoms with Crippen LogP contribution in [0.2, 0.25) is 0 Å². The van der Waals surface area contributed by atoms with Crippen molar-refractivity contribution in [2.75, 3.05) is 7.11 Å². The highest BCUT2D eigenvalue weighted by Gasteiger charge is 2.05. The average Bonchev–Trinajstić information content (AvgIpc) is 3.14. The summed E-state index contributed by atoms with van der Waals surface area (Å²) in [5.74, 6) is 0.656. The Labute approximate surface area is 133 Å². The highest BCUT2D eigenvalue weighted by atomic mass is 16.5. The lowest BCUT2D eigenvalue weighted by molar-refractivity contribution is 0.104. The maximum atomic E-state index is 12.3. The summed E-state index contributed by atoms with van der Waals surface area (Å²) in [6.45, 7) is 0. The van der Waals surface area contributed by atoms with Crippen molar-refractivity contribution in [3.05, 3.63) is 72.1 Å². The molecule has 23 heavy (non-hydrogen) atoms. The number of allylic oxidation sites excluding steroid dienone is 1. The van der Waals surface area contributed by atoms with Gasteiger partial charge in [0.25, 0.3) is 0 Å². The van der Waals surface area contributed by atoms with Gasteiger partial charge in [-0.2, -0.15) is 0 Å². The lowest BCUT2D eigenvalue weighted by Crippen LogP contribution is -1.99. The van der Waals surface area contributed by atoms with Gasteiger partial charge in [0.05, 0.1) is 12.8 Å². The Morgan fingerprint density at radius 3 is 2.83 bits per heavy atom. The van der Waals surface area contributed by atoms with Gasteiger partial charge >= 0.3 is 0 Å². The molecule has 0 fully saturated rings. The van der Waals surface area contributed by atoms with Crippen LogP contribution in [-0.4, -0.2) is 33.1 Å². The first-order valence-electron chi connectivity index (χ1n) is 6.96. The highest BCUT2D eigenvalue weighted by Crippen LogP contribution is 2.15. The summed E-state index contributed by atoms with van der Waals surface area (Å²) in [5, 5.41) is 11.0. The normalized spacial score (nSPS) is 10.8. The van der Waals surface area contributed by atoms with E-state index in [2.05, 4.69) is 15.5 Å². The molecule has 1 aromatic heterocycles. The third-order valence-electron chi connectivity index (χ3n) is 3.27. The van der Waals surface area contributed by atoms with Gasteiger partial charge in [-0.05, 0) is 46.3 Å². The van der Waals surface area contributed by atoms with Crippen LogP contribution in [0.15, 0.2) is 60.9 Å². The molecule has 0 unspecified atom stereocenters. The monoisotopic (exact) mass is 306 g/mol. The fraction of sp³-hybridized carbons (Fsp3) is 0.0588. The highest BCUT2D eigenvalue weighted by molar-refractivity contribution is 6.07. The lowest BCUT2D eigenvalue weighted by atomic mass is 10.1. The van der Waals surface area contributed by atoms with Gasteiger partial charge in [-0.3, -0.25) is 4.79 Å².